The van der Waals surface area contributed by atoms with Gasteiger partial charge in [0.1, 0.15) is 0 Å². The zero-order valence-corrected chi connectivity index (χ0v) is 6.11. The summed E-state index contributed by atoms with van der Waals surface area (Å²) in [6, 6.07) is 0. The molecule has 0 saturated carbocycles. The van der Waals surface area contributed by atoms with Gasteiger partial charge in [-0.1, -0.05) is 46.0 Å². The van der Waals surface area contributed by atoms with E-state index in [-0.39, 0.29) is 8.41 Å². The average molecular weight is 111 g/mol. The van der Waals surface area contributed by atoms with Crippen molar-refractivity contribution in [3.05, 3.63) is 0 Å². The number of hydrogen-bond donors (Lipinski definition) is 0. The highest BCUT2D eigenvalue weighted by atomic mass is 13.9. The number of rotatable bonds is 4. The van der Waals surface area contributed by atoms with Gasteiger partial charge in [-0.3, -0.25) is 0 Å². The molecule has 0 N–H and O–H groups in total. The molecule has 0 aliphatic heterocycles. The molecular weight excluding hydrogens is 94.9 g/mol. The summed E-state index contributed by atoms with van der Waals surface area (Å²) in [5.41, 5.74) is 0. The van der Waals surface area contributed by atoms with Crippen molar-refractivity contribution in [3.8, 4) is 0 Å². The summed E-state index contributed by atoms with van der Waals surface area (Å²) in [7, 11) is 0. The average Bonchev–Trinajstić information content (AvgIpc) is 1.69. The molecule has 0 nitrogen and oxygen atoms in total. The second-order valence-corrected chi connectivity index (χ2v) is 2.06. The fourth-order valence-corrected chi connectivity index (χ4v) is 0.677. The van der Waals surface area contributed by atoms with E-state index in [4.69, 9.17) is 0 Å². The van der Waals surface area contributed by atoms with Crippen molar-refractivity contribution in [2.24, 2.45) is 0 Å². The first-order valence-corrected chi connectivity index (χ1v) is 3.41. The molecule has 0 bridgehead atoms. The van der Waals surface area contributed by atoms with Crippen molar-refractivity contribution in [3.63, 3.8) is 0 Å². The van der Waals surface area contributed by atoms with Crippen molar-refractivity contribution in [1.82, 2.24) is 0 Å². The Hall–Kier alpha value is 0.0649. The van der Waals surface area contributed by atoms with Gasteiger partial charge in [0, 0.05) is 8.41 Å². The van der Waals surface area contributed by atoms with Gasteiger partial charge in [0.15, 0.2) is 0 Å². The van der Waals surface area contributed by atoms with Gasteiger partial charge >= 0.3 is 0 Å². The summed E-state index contributed by atoms with van der Waals surface area (Å²) in [4.78, 5) is 0. The van der Waals surface area contributed by atoms with Crippen molar-refractivity contribution < 1.29 is 0 Å². The predicted molar refractivity (Wildman–Crippen MR) is 40.2 cm³/mol. The fraction of sp³-hybridized carbons (Fsp3) is 1.00. The fourth-order valence-electron chi connectivity index (χ4n) is 0.677. The molecule has 0 rings (SSSR count). The molecule has 0 saturated heterocycles. The highest BCUT2D eigenvalue weighted by molar-refractivity contribution is 5.75. The van der Waals surface area contributed by atoms with Crippen molar-refractivity contribution in [2.75, 3.05) is 0 Å². The van der Waals surface area contributed by atoms with Crippen LogP contribution in [0.4, 0.5) is 0 Å². The van der Waals surface area contributed by atoms with Crippen LogP contribution in [0.2, 0.25) is 0 Å². The van der Waals surface area contributed by atoms with Crippen molar-refractivity contribution in [1.29, 1.82) is 0 Å². The first-order valence-electron chi connectivity index (χ1n) is 3.41. The molecule has 0 aromatic rings. The van der Waals surface area contributed by atoms with Crippen LogP contribution in [0.25, 0.3) is 0 Å². The maximum absolute atomic E-state index is 2.25. The van der Waals surface area contributed by atoms with Crippen molar-refractivity contribution in [2.45, 2.75) is 46.0 Å². The van der Waals surface area contributed by atoms with Crippen LogP contribution in [-0.2, 0) is 0 Å². The van der Waals surface area contributed by atoms with Crippen LogP contribution in [0.1, 0.15) is 46.0 Å². The van der Waals surface area contributed by atoms with Crippen LogP contribution >= 0.6 is 0 Å². The second kappa shape index (κ2) is 10.1. The predicted octanol–water partition coefficient (Wildman–Crippen LogP) is 2.60. The van der Waals surface area contributed by atoms with E-state index in [2.05, 4.69) is 13.8 Å². The lowest BCUT2D eigenvalue weighted by molar-refractivity contribution is 0.656. The molecule has 0 aliphatic rings. The lowest BCUT2D eigenvalue weighted by atomic mass is 10.2. The molecule has 0 fully saturated rings. The second-order valence-electron chi connectivity index (χ2n) is 2.06. The Labute approximate surface area is 55.3 Å². The molecule has 1 heteroatoms. The molecule has 0 aromatic heterocycles. The molecule has 0 amide bonds. The minimum absolute atomic E-state index is 0. The van der Waals surface area contributed by atoms with Gasteiger partial charge in [-0.25, -0.2) is 0 Å². The van der Waals surface area contributed by atoms with Gasteiger partial charge in [0.2, 0.25) is 0 Å². The number of unbranched alkanes of at least 4 members (excludes halogenated alkanes) is 4. The van der Waals surface area contributed by atoms with Gasteiger partial charge in [-0.05, 0) is 0 Å². The zero-order chi connectivity index (χ0) is 5.54. The van der Waals surface area contributed by atoms with Gasteiger partial charge in [0.25, 0.3) is 0 Å². The third-order valence-corrected chi connectivity index (χ3v) is 1.21. The summed E-state index contributed by atoms with van der Waals surface area (Å²) in [6.07, 6.45) is 7.01. The maximum atomic E-state index is 2.25. The maximum Gasteiger partial charge on any atom is 0 e. The molecule has 0 aliphatic carbocycles. The van der Waals surface area contributed by atoms with E-state index in [9.17, 15) is 0 Å². The van der Waals surface area contributed by atoms with E-state index >= 15 is 0 Å². The van der Waals surface area contributed by atoms with Crippen LogP contribution in [0.3, 0.4) is 0 Å². The van der Waals surface area contributed by atoms with Crippen LogP contribution in [-0.4, -0.2) is 8.41 Å². The third kappa shape index (κ3) is 9.42. The smallest absolute Gasteiger partial charge is 0 e. The highest BCUT2D eigenvalue weighted by Gasteiger charge is 1.80. The van der Waals surface area contributed by atoms with E-state index in [1.165, 1.54) is 32.1 Å². The van der Waals surface area contributed by atoms with Gasteiger partial charge in [-0.15, -0.1) is 0 Å². The summed E-state index contributed by atoms with van der Waals surface area (Å²) in [6.45, 7) is 4.49. The summed E-state index contributed by atoms with van der Waals surface area (Å²) in [5, 5.41) is 0. The first kappa shape index (κ1) is 10.9. The normalized spacial score (nSPS) is 8.25. The van der Waals surface area contributed by atoms with Gasteiger partial charge in [0.05, 0.1) is 0 Å². The Bertz CT molecular complexity index is 23.6. The molecule has 0 aromatic carbocycles. The van der Waals surface area contributed by atoms with E-state index in [1.807, 2.05) is 0 Å². The summed E-state index contributed by atoms with van der Waals surface area (Å²) < 4.78 is 0. The summed E-state index contributed by atoms with van der Waals surface area (Å²) in [5.74, 6) is 0. The van der Waals surface area contributed by atoms with Crippen LogP contribution in [0.15, 0.2) is 0 Å². The molecule has 8 heavy (non-hydrogen) atoms. The quantitative estimate of drug-likeness (QED) is 0.386. The Morgan fingerprint density at radius 1 is 0.750 bits per heavy atom. The Balaban J connectivity index is 0. The molecule has 3 radical (unpaired) electrons. The molecule has 0 heterocycles. The van der Waals surface area contributed by atoms with E-state index in [1.54, 1.807) is 0 Å². The van der Waals surface area contributed by atoms with Gasteiger partial charge in [-0.2, -0.15) is 0 Å². The molecular formula is C7H16B. The lowest BCUT2D eigenvalue weighted by Crippen LogP contribution is -1.70. The zero-order valence-electron chi connectivity index (χ0n) is 6.11. The van der Waals surface area contributed by atoms with Crippen LogP contribution in [0, 0.1) is 0 Å². The molecule has 0 unspecified atom stereocenters. The van der Waals surface area contributed by atoms with E-state index in [0.717, 1.165) is 0 Å². The minimum Gasteiger partial charge on any atom is -0.0654 e. The largest absolute Gasteiger partial charge is 0.0654 e. The third-order valence-electron chi connectivity index (χ3n) is 1.21. The van der Waals surface area contributed by atoms with Crippen LogP contribution in [0.5, 0.6) is 0 Å². The Morgan fingerprint density at radius 2 is 1.12 bits per heavy atom. The molecule has 47 valence electrons. The monoisotopic (exact) mass is 111 g/mol. The highest BCUT2D eigenvalue weighted by Crippen LogP contribution is 2.00. The van der Waals surface area contributed by atoms with Crippen LogP contribution < -0.4 is 0 Å². The summed E-state index contributed by atoms with van der Waals surface area (Å²) >= 11 is 0. The minimum atomic E-state index is 0. The molecule has 0 spiro atoms. The van der Waals surface area contributed by atoms with Crippen molar-refractivity contribution >= 4 is 8.41 Å². The topological polar surface area (TPSA) is 0 Å². The lowest BCUT2D eigenvalue weighted by Gasteiger charge is -1.90. The van der Waals surface area contributed by atoms with Gasteiger partial charge < -0.3 is 0 Å². The first-order chi connectivity index (χ1) is 3.41. The number of hydrogen-bond acceptors (Lipinski definition) is 0. The van der Waals surface area contributed by atoms with E-state index < -0.39 is 0 Å². The Kier molecular flexibility index (Phi) is 13.9. The SMILES string of the molecule is CCCCCCC.[B]. The standard InChI is InChI=1S/C7H16.B/c1-3-5-7-6-4-2;/h3-7H2,1-2H3;. The molecule has 0 atom stereocenters. The van der Waals surface area contributed by atoms with E-state index in [0.29, 0.717) is 0 Å². The Morgan fingerprint density at radius 3 is 1.38 bits per heavy atom.